The molecular weight excluding hydrogens is 417 g/mol. The molecule has 24 heavy (non-hydrogen) atoms. The van der Waals surface area contributed by atoms with E-state index in [9.17, 15) is 0 Å². The standard InChI is InChI=1S/C18H31N3O2.HI/c1-14(2)9-6-7-12-20-18(19-3)21-13-15-10-8-11-16(22-4)17(15)23-5;/h8,10-11,14H,6-7,9,12-13H2,1-5H3,(H2,19,20,21);1H. The molecule has 0 saturated carbocycles. The normalized spacial score (nSPS) is 11.0. The van der Waals surface area contributed by atoms with Gasteiger partial charge in [0.25, 0.3) is 0 Å². The number of unbranched alkanes of at least 4 members (excludes halogenated alkanes) is 1. The molecule has 6 heteroatoms. The number of para-hydroxylation sites is 1. The molecule has 0 aliphatic rings. The highest BCUT2D eigenvalue weighted by Gasteiger charge is 2.09. The number of benzene rings is 1. The summed E-state index contributed by atoms with van der Waals surface area (Å²) in [5.41, 5.74) is 1.04. The van der Waals surface area contributed by atoms with Crippen LogP contribution in [-0.2, 0) is 6.54 Å². The van der Waals surface area contributed by atoms with E-state index in [1.54, 1.807) is 21.3 Å². The van der Waals surface area contributed by atoms with Crippen LogP contribution in [-0.4, -0.2) is 33.8 Å². The second kappa shape index (κ2) is 13.1. The number of guanidine groups is 1. The number of nitrogens with zero attached hydrogens (tertiary/aromatic N) is 1. The summed E-state index contributed by atoms with van der Waals surface area (Å²) in [6.45, 7) is 6.08. The van der Waals surface area contributed by atoms with Crippen molar-refractivity contribution in [2.45, 2.75) is 39.7 Å². The van der Waals surface area contributed by atoms with Crippen molar-refractivity contribution in [3.05, 3.63) is 23.8 Å². The molecule has 5 nitrogen and oxygen atoms in total. The molecule has 0 aliphatic carbocycles. The fraction of sp³-hybridized carbons (Fsp3) is 0.611. The Kier molecular flexibility index (Phi) is 12.5. The Morgan fingerprint density at radius 1 is 1.12 bits per heavy atom. The van der Waals surface area contributed by atoms with Crippen molar-refractivity contribution in [3.8, 4) is 11.5 Å². The SMILES string of the molecule is CN=C(NCCCCC(C)C)NCc1cccc(OC)c1OC.I. The van der Waals surface area contributed by atoms with Gasteiger partial charge < -0.3 is 20.1 Å². The zero-order valence-corrected chi connectivity index (χ0v) is 17.8. The van der Waals surface area contributed by atoms with Crippen molar-refractivity contribution in [2.75, 3.05) is 27.8 Å². The molecule has 0 aliphatic heterocycles. The van der Waals surface area contributed by atoms with Gasteiger partial charge in [-0.25, -0.2) is 0 Å². The van der Waals surface area contributed by atoms with Crippen molar-refractivity contribution >= 4 is 29.9 Å². The van der Waals surface area contributed by atoms with E-state index in [4.69, 9.17) is 9.47 Å². The summed E-state index contributed by atoms with van der Waals surface area (Å²) in [6, 6.07) is 5.87. The Morgan fingerprint density at radius 2 is 1.88 bits per heavy atom. The molecule has 138 valence electrons. The van der Waals surface area contributed by atoms with Crippen molar-refractivity contribution in [1.29, 1.82) is 0 Å². The highest BCUT2D eigenvalue weighted by molar-refractivity contribution is 14.0. The number of rotatable bonds is 9. The minimum absolute atomic E-state index is 0. The summed E-state index contributed by atoms with van der Waals surface area (Å²) in [4.78, 5) is 4.26. The molecule has 0 spiro atoms. The first-order valence-electron chi connectivity index (χ1n) is 8.26. The van der Waals surface area contributed by atoms with Gasteiger partial charge in [-0.2, -0.15) is 0 Å². The summed E-state index contributed by atoms with van der Waals surface area (Å²) in [5, 5.41) is 6.66. The fourth-order valence-corrected chi connectivity index (χ4v) is 2.38. The lowest BCUT2D eigenvalue weighted by molar-refractivity contribution is 0.351. The van der Waals surface area contributed by atoms with E-state index in [0.29, 0.717) is 6.54 Å². The van der Waals surface area contributed by atoms with Gasteiger partial charge in [-0.1, -0.05) is 38.8 Å². The van der Waals surface area contributed by atoms with Crippen LogP contribution in [0.25, 0.3) is 0 Å². The second-order valence-electron chi connectivity index (χ2n) is 5.89. The van der Waals surface area contributed by atoms with E-state index < -0.39 is 0 Å². The number of halogens is 1. The van der Waals surface area contributed by atoms with E-state index in [1.807, 2.05) is 18.2 Å². The molecular formula is C18H32IN3O2. The zero-order chi connectivity index (χ0) is 17.1. The van der Waals surface area contributed by atoms with Gasteiger partial charge in [-0.15, -0.1) is 24.0 Å². The van der Waals surface area contributed by atoms with E-state index in [1.165, 1.54) is 12.8 Å². The van der Waals surface area contributed by atoms with Crippen molar-refractivity contribution in [1.82, 2.24) is 10.6 Å². The van der Waals surface area contributed by atoms with Crippen LogP contribution in [0.5, 0.6) is 11.5 Å². The zero-order valence-electron chi connectivity index (χ0n) is 15.5. The second-order valence-corrected chi connectivity index (χ2v) is 5.89. The predicted octanol–water partition coefficient (Wildman–Crippen LogP) is 3.81. The number of hydrogen-bond donors (Lipinski definition) is 2. The molecule has 1 aromatic rings. The molecule has 0 heterocycles. The van der Waals surface area contributed by atoms with Crippen LogP contribution >= 0.6 is 24.0 Å². The minimum atomic E-state index is 0. The summed E-state index contributed by atoms with van der Waals surface area (Å²) in [5.74, 6) is 3.07. The highest BCUT2D eigenvalue weighted by atomic mass is 127. The molecule has 0 amide bonds. The monoisotopic (exact) mass is 449 g/mol. The van der Waals surface area contributed by atoms with Crippen LogP contribution in [0.2, 0.25) is 0 Å². The highest BCUT2D eigenvalue weighted by Crippen LogP contribution is 2.30. The Hall–Kier alpha value is -1.18. The maximum atomic E-state index is 5.44. The number of aliphatic imine (C=N–C) groups is 1. The van der Waals surface area contributed by atoms with E-state index >= 15 is 0 Å². The third-order valence-corrected chi connectivity index (χ3v) is 3.66. The molecule has 0 unspecified atom stereocenters. The van der Waals surface area contributed by atoms with E-state index in [-0.39, 0.29) is 24.0 Å². The molecule has 1 aromatic carbocycles. The van der Waals surface area contributed by atoms with Gasteiger partial charge in [0.15, 0.2) is 17.5 Å². The van der Waals surface area contributed by atoms with Crippen LogP contribution in [0.15, 0.2) is 23.2 Å². The van der Waals surface area contributed by atoms with Crippen LogP contribution in [0.3, 0.4) is 0 Å². The summed E-state index contributed by atoms with van der Waals surface area (Å²) in [7, 11) is 5.09. The Balaban J connectivity index is 0.00000529. The maximum absolute atomic E-state index is 5.44. The first kappa shape index (κ1) is 22.8. The van der Waals surface area contributed by atoms with Crippen LogP contribution in [0, 0.1) is 5.92 Å². The molecule has 0 fully saturated rings. The van der Waals surface area contributed by atoms with Crippen LogP contribution in [0.4, 0.5) is 0 Å². The molecule has 1 rings (SSSR count). The van der Waals surface area contributed by atoms with E-state index in [2.05, 4.69) is 29.5 Å². The average molecular weight is 449 g/mol. The maximum Gasteiger partial charge on any atom is 0.191 e. The lowest BCUT2D eigenvalue weighted by atomic mass is 10.1. The third-order valence-electron chi connectivity index (χ3n) is 3.66. The molecule has 0 radical (unpaired) electrons. The first-order chi connectivity index (χ1) is 11.1. The van der Waals surface area contributed by atoms with Gasteiger partial charge in [-0.05, 0) is 18.4 Å². The van der Waals surface area contributed by atoms with E-state index in [0.717, 1.165) is 41.9 Å². The molecule has 0 atom stereocenters. The third kappa shape index (κ3) is 8.08. The smallest absolute Gasteiger partial charge is 0.191 e. The first-order valence-corrected chi connectivity index (χ1v) is 8.26. The van der Waals surface area contributed by atoms with Gasteiger partial charge in [0.05, 0.1) is 14.2 Å². The summed E-state index contributed by atoms with van der Waals surface area (Å²) in [6.07, 6.45) is 3.67. The van der Waals surface area contributed by atoms with Gasteiger partial charge in [0, 0.05) is 25.7 Å². The number of ether oxygens (including phenoxy) is 2. The predicted molar refractivity (Wildman–Crippen MR) is 112 cm³/mol. The summed E-state index contributed by atoms with van der Waals surface area (Å²) >= 11 is 0. The minimum Gasteiger partial charge on any atom is -0.493 e. The quantitative estimate of drug-likeness (QED) is 0.261. The molecule has 0 bridgehead atoms. The molecule has 0 aromatic heterocycles. The molecule has 2 N–H and O–H groups in total. The van der Waals surface area contributed by atoms with Crippen molar-refractivity contribution < 1.29 is 9.47 Å². The average Bonchev–Trinajstić information content (AvgIpc) is 2.56. The lowest BCUT2D eigenvalue weighted by Crippen LogP contribution is -2.37. The molecule has 0 saturated heterocycles. The van der Waals surface area contributed by atoms with Crippen LogP contribution in [0.1, 0.15) is 38.7 Å². The number of methoxy groups -OCH3 is 2. The van der Waals surface area contributed by atoms with Gasteiger partial charge in [0.1, 0.15) is 0 Å². The Morgan fingerprint density at radius 3 is 2.46 bits per heavy atom. The Bertz CT molecular complexity index is 493. The summed E-state index contributed by atoms with van der Waals surface area (Å²) < 4.78 is 10.8. The van der Waals surface area contributed by atoms with Gasteiger partial charge in [0.2, 0.25) is 0 Å². The Labute approximate surface area is 163 Å². The van der Waals surface area contributed by atoms with Crippen molar-refractivity contribution in [2.24, 2.45) is 10.9 Å². The van der Waals surface area contributed by atoms with Gasteiger partial charge >= 0.3 is 0 Å². The fourth-order valence-electron chi connectivity index (χ4n) is 2.38. The van der Waals surface area contributed by atoms with Gasteiger partial charge in [-0.3, -0.25) is 4.99 Å². The largest absolute Gasteiger partial charge is 0.493 e. The van der Waals surface area contributed by atoms with Crippen molar-refractivity contribution in [3.63, 3.8) is 0 Å². The number of nitrogens with one attached hydrogen (secondary N) is 2. The van der Waals surface area contributed by atoms with Crippen LogP contribution < -0.4 is 20.1 Å². The number of hydrogen-bond acceptors (Lipinski definition) is 3. The topological polar surface area (TPSA) is 54.9 Å². The lowest BCUT2D eigenvalue weighted by Gasteiger charge is -2.15.